The van der Waals surface area contributed by atoms with E-state index >= 15 is 0 Å². The summed E-state index contributed by atoms with van der Waals surface area (Å²) in [4.78, 5) is 37.1. The van der Waals surface area contributed by atoms with Crippen LogP contribution >= 0.6 is 0 Å². The second kappa shape index (κ2) is 7.42. The van der Waals surface area contributed by atoms with Gasteiger partial charge in [0.05, 0.1) is 23.0 Å². The zero-order valence-electron chi connectivity index (χ0n) is 16.1. The summed E-state index contributed by atoms with van der Waals surface area (Å²) < 4.78 is 1.88. The topological polar surface area (TPSA) is 71.3 Å². The first kappa shape index (κ1) is 18.2. The number of hydrogen-bond donors (Lipinski definition) is 0. The minimum Gasteiger partial charge on any atom is -0.345 e. The largest absolute Gasteiger partial charge is 0.345 e. The first-order valence-corrected chi connectivity index (χ1v) is 9.48. The predicted octanol–water partition coefficient (Wildman–Crippen LogP) is 2.75. The van der Waals surface area contributed by atoms with Crippen LogP contribution in [0.25, 0.3) is 16.7 Å². The average Bonchev–Trinajstić information content (AvgIpc) is 3.16. The fraction of sp³-hybridized carbons (Fsp3) is 0.333. The summed E-state index contributed by atoms with van der Waals surface area (Å²) in [5, 5.41) is 0.882. The maximum absolute atomic E-state index is 12.7. The number of fused-ring (bicyclic) bond motifs is 1. The van der Waals surface area contributed by atoms with Crippen molar-refractivity contribution in [2.24, 2.45) is 0 Å². The Kier molecular flexibility index (Phi) is 4.81. The number of aromatic nitrogens is 3. The van der Waals surface area contributed by atoms with Gasteiger partial charge in [0.2, 0.25) is 0 Å². The zero-order chi connectivity index (χ0) is 19.7. The van der Waals surface area contributed by atoms with E-state index in [1.807, 2.05) is 27.8 Å². The van der Waals surface area contributed by atoms with Crippen molar-refractivity contribution < 1.29 is 9.59 Å². The van der Waals surface area contributed by atoms with E-state index in [1.54, 1.807) is 38.8 Å². The highest BCUT2D eigenvalue weighted by molar-refractivity contribution is 5.97. The molecule has 1 fully saturated rings. The molecule has 7 heteroatoms. The Labute approximate surface area is 163 Å². The van der Waals surface area contributed by atoms with E-state index in [-0.39, 0.29) is 11.8 Å². The van der Waals surface area contributed by atoms with Crippen LogP contribution < -0.4 is 0 Å². The van der Waals surface area contributed by atoms with Crippen LogP contribution in [0, 0.1) is 0 Å². The number of likely N-dealkylation sites (tertiary alicyclic amines) is 1. The molecule has 28 heavy (non-hydrogen) atoms. The Hall–Kier alpha value is -3.22. The van der Waals surface area contributed by atoms with Gasteiger partial charge in [-0.15, -0.1) is 0 Å². The lowest BCUT2D eigenvalue weighted by molar-refractivity contribution is 0.0723. The number of amides is 2. The van der Waals surface area contributed by atoms with E-state index in [2.05, 4.69) is 9.97 Å². The van der Waals surface area contributed by atoms with E-state index in [4.69, 9.17) is 0 Å². The highest BCUT2D eigenvalue weighted by Gasteiger charge is 2.19. The van der Waals surface area contributed by atoms with Gasteiger partial charge in [0.15, 0.2) is 0 Å². The zero-order valence-corrected chi connectivity index (χ0v) is 16.1. The summed E-state index contributed by atoms with van der Waals surface area (Å²) in [7, 11) is 3.42. The van der Waals surface area contributed by atoms with Crippen molar-refractivity contribution in [3.63, 3.8) is 0 Å². The molecule has 1 saturated heterocycles. The number of nitrogens with zero attached hydrogens (tertiary/aromatic N) is 5. The van der Waals surface area contributed by atoms with Crippen molar-refractivity contribution in [2.75, 3.05) is 27.2 Å². The molecule has 0 aromatic carbocycles. The number of rotatable bonds is 3. The molecule has 0 N–H and O–H groups in total. The molecule has 4 rings (SSSR count). The fourth-order valence-corrected chi connectivity index (χ4v) is 3.56. The Morgan fingerprint density at radius 1 is 1.00 bits per heavy atom. The molecule has 7 nitrogen and oxygen atoms in total. The minimum absolute atomic E-state index is 0.0436. The third kappa shape index (κ3) is 3.35. The van der Waals surface area contributed by atoms with Crippen LogP contribution in [0.3, 0.4) is 0 Å². The van der Waals surface area contributed by atoms with Gasteiger partial charge in [-0.1, -0.05) is 0 Å². The van der Waals surface area contributed by atoms with E-state index < -0.39 is 0 Å². The Balaban J connectivity index is 1.66. The standard InChI is InChI=1S/C21H23N5O2/c1-24(2)20(27)17-11-18(14-22-12-17)26-9-6-15-10-16(13-23-19(15)26)21(28)25-7-4-3-5-8-25/h6,9-14H,3-5,7-8H2,1-2H3. The molecule has 0 unspecified atom stereocenters. The molecule has 0 saturated carbocycles. The number of pyridine rings is 2. The molecule has 4 heterocycles. The predicted molar refractivity (Wildman–Crippen MR) is 107 cm³/mol. The van der Waals surface area contributed by atoms with Crippen molar-refractivity contribution >= 4 is 22.8 Å². The Morgan fingerprint density at radius 3 is 2.54 bits per heavy atom. The SMILES string of the molecule is CN(C)C(=O)c1cncc(-n2ccc3cc(C(=O)N4CCCCC4)cnc32)c1. The van der Waals surface area contributed by atoms with Gasteiger partial charge < -0.3 is 9.80 Å². The van der Waals surface area contributed by atoms with Gasteiger partial charge in [0, 0.05) is 51.2 Å². The Morgan fingerprint density at radius 2 is 1.79 bits per heavy atom. The van der Waals surface area contributed by atoms with Gasteiger partial charge in [-0.25, -0.2) is 4.98 Å². The van der Waals surface area contributed by atoms with Gasteiger partial charge in [0.25, 0.3) is 11.8 Å². The molecule has 1 aliphatic rings. The molecule has 3 aromatic heterocycles. The van der Waals surface area contributed by atoms with E-state index in [0.717, 1.165) is 42.7 Å². The molecule has 0 radical (unpaired) electrons. The molecular formula is C21H23N5O2. The third-order valence-corrected chi connectivity index (χ3v) is 5.07. The highest BCUT2D eigenvalue weighted by atomic mass is 16.2. The lowest BCUT2D eigenvalue weighted by Crippen LogP contribution is -2.35. The maximum Gasteiger partial charge on any atom is 0.255 e. The van der Waals surface area contributed by atoms with Crippen molar-refractivity contribution in [1.29, 1.82) is 0 Å². The number of piperidine rings is 1. The molecule has 0 aliphatic carbocycles. The number of hydrogen-bond acceptors (Lipinski definition) is 4. The lowest BCUT2D eigenvalue weighted by Gasteiger charge is -2.26. The van der Waals surface area contributed by atoms with Gasteiger partial charge in [-0.3, -0.25) is 19.1 Å². The fourth-order valence-electron chi connectivity index (χ4n) is 3.56. The molecule has 0 bridgehead atoms. The molecular weight excluding hydrogens is 354 g/mol. The second-order valence-corrected chi connectivity index (χ2v) is 7.31. The molecule has 3 aromatic rings. The van der Waals surface area contributed by atoms with Gasteiger partial charge in [-0.2, -0.15) is 0 Å². The van der Waals surface area contributed by atoms with E-state index in [1.165, 1.54) is 11.3 Å². The van der Waals surface area contributed by atoms with Crippen LogP contribution in [0.5, 0.6) is 0 Å². The number of carbonyl (C=O) groups excluding carboxylic acids is 2. The smallest absolute Gasteiger partial charge is 0.255 e. The van der Waals surface area contributed by atoms with Crippen LogP contribution in [0.1, 0.15) is 40.0 Å². The van der Waals surface area contributed by atoms with Crippen molar-refractivity contribution in [3.8, 4) is 5.69 Å². The van der Waals surface area contributed by atoms with Gasteiger partial charge in [-0.05, 0) is 37.5 Å². The normalized spacial score (nSPS) is 14.3. The summed E-state index contributed by atoms with van der Waals surface area (Å²) >= 11 is 0. The van der Waals surface area contributed by atoms with Gasteiger partial charge in [0.1, 0.15) is 5.65 Å². The lowest BCUT2D eigenvalue weighted by atomic mass is 10.1. The third-order valence-electron chi connectivity index (χ3n) is 5.07. The van der Waals surface area contributed by atoms with Crippen LogP contribution in [-0.2, 0) is 0 Å². The number of carbonyl (C=O) groups is 2. The molecule has 0 spiro atoms. The minimum atomic E-state index is -0.104. The summed E-state index contributed by atoms with van der Waals surface area (Å²) in [5.74, 6) is -0.0599. The summed E-state index contributed by atoms with van der Waals surface area (Å²) in [6.07, 6.45) is 10.1. The average molecular weight is 377 g/mol. The molecule has 144 valence electrons. The van der Waals surface area contributed by atoms with Crippen molar-refractivity contribution in [1.82, 2.24) is 24.3 Å². The summed E-state index contributed by atoms with van der Waals surface area (Å²) in [6, 6.07) is 5.61. The van der Waals surface area contributed by atoms with Crippen LogP contribution in [0.2, 0.25) is 0 Å². The van der Waals surface area contributed by atoms with E-state index in [0.29, 0.717) is 11.1 Å². The van der Waals surface area contributed by atoms with Crippen LogP contribution in [0.4, 0.5) is 0 Å². The molecule has 0 atom stereocenters. The van der Waals surface area contributed by atoms with E-state index in [9.17, 15) is 9.59 Å². The Bertz CT molecular complexity index is 1030. The van der Waals surface area contributed by atoms with Crippen molar-refractivity contribution in [3.05, 3.63) is 54.1 Å². The first-order valence-electron chi connectivity index (χ1n) is 9.48. The van der Waals surface area contributed by atoms with Crippen LogP contribution in [0.15, 0.2) is 43.0 Å². The summed E-state index contributed by atoms with van der Waals surface area (Å²) in [6.45, 7) is 1.63. The monoisotopic (exact) mass is 377 g/mol. The maximum atomic E-state index is 12.7. The summed E-state index contributed by atoms with van der Waals surface area (Å²) in [5.41, 5.74) is 2.61. The molecule has 1 aliphatic heterocycles. The molecule has 2 amide bonds. The van der Waals surface area contributed by atoms with Crippen LogP contribution in [-0.4, -0.2) is 63.3 Å². The quantitative estimate of drug-likeness (QED) is 0.704. The van der Waals surface area contributed by atoms with Gasteiger partial charge >= 0.3 is 0 Å². The van der Waals surface area contributed by atoms with Crippen molar-refractivity contribution in [2.45, 2.75) is 19.3 Å². The first-order chi connectivity index (χ1) is 13.5. The highest BCUT2D eigenvalue weighted by Crippen LogP contribution is 2.21. The second-order valence-electron chi connectivity index (χ2n) is 7.31.